The lowest BCUT2D eigenvalue weighted by Gasteiger charge is -2.44. The van der Waals surface area contributed by atoms with Crippen molar-refractivity contribution in [3.05, 3.63) is 70.7 Å². The van der Waals surface area contributed by atoms with Crippen LogP contribution in [-0.4, -0.2) is 43.3 Å². The van der Waals surface area contributed by atoms with Gasteiger partial charge in [0.05, 0.1) is 23.2 Å². The molecule has 0 aliphatic carbocycles. The molecule has 1 N–H and O–H groups in total. The summed E-state index contributed by atoms with van der Waals surface area (Å²) in [6, 6.07) is 18.9. The molecule has 0 fully saturated rings. The van der Waals surface area contributed by atoms with Gasteiger partial charge in [-0.05, 0) is 67.1 Å². The molecule has 0 atom stereocenters. The maximum absolute atomic E-state index is 14.8. The Bertz CT molecular complexity index is 1390. The van der Waals surface area contributed by atoms with Gasteiger partial charge in [-0.15, -0.1) is 11.8 Å². The average Bonchev–Trinajstić information content (AvgIpc) is 3.03. The van der Waals surface area contributed by atoms with Crippen LogP contribution in [0.2, 0.25) is 0 Å². The number of sulfonamides is 1. The number of unbranched alkanes of at least 4 members (excludes halogenated alkanes) is 2. The first-order chi connectivity index (χ1) is 19.2. The minimum Gasteiger partial charge on any atom is -0.507 e. The van der Waals surface area contributed by atoms with Crippen molar-refractivity contribution in [3.63, 3.8) is 0 Å². The van der Waals surface area contributed by atoms with Crippen LogP contribution in [0.3, 0.4) is 0 Å². The van der Waals surface area contributed by atoms with Crippen molar-refractivity contribution in [2.24, 2.45) is 0 Å². The van der Waals surface area contributed by atoms with E-state index < -0.39 is 15.6 Å². The van der Waals surface area contributed by atoms with Gasteiger partial charge in [-0.2, -0.15) is 4.31 Å². The van der Waals surface area contributed by atoms with Crippen LogP contribution in [0.4, 0.5) is 11.4 Å². The van der Waals surface area contributed by atoms with Crippen LogP contribution in [0, 0.1) is 0 Å². The summed E-state index contributed by atoms with van der Waals surface area (Å²) in [5.74, 6) is 0.705. The average molecular weight is 648 g/mol. The fourth-order valence-corrected chi connectivity index (χ4v) is 8.26. The highest BCUT2D eigenvalue weighted by Crippen LogP contribution is 2.48. The van der Waals surface area contributed by atoms with Crippen LogP contribution in [0.1, 0.15) is 57.9 Å². The van der Waals surface area contributed by atoms with Gasteiger partial charge in [0.2, 0.25) is 10.0 Å². The number of thioether (sulfide) groups is 1. The van der Waals surface area contributed by atoms with E-state index in [1.54, 1.807) is 11.4 Å². The second-order valence-corrected chi connectivity index (χ2v) is 13.9. The first kappa shape index (κ1) is 30.8. The maximum Gasteiger partial charge on any atom is 0.246 e. The molecule has 0 amide bonds. The number of nitrogens with zero attached hydrogens (tertiary/aromatic N) is 2. The highest BCUT2D eigenvalue weighted by molar-refractivity contribution is 9.10. The fraction of sp³-hybridized carbons (Fsp3) is 0.419. The summed E-state index contributed by atoms with van der Waals surface area (Å²) in [6.07, 6.45) is 7.11. The maximum atomic E-state index is 14.8. The Kier molecular flexibility index (Phi) is 10.1. The molecule has 3 aromatic carbocycles. The van der Waals surface area contributed by atoms with Gasteiger partial charge in [0.25, 0.3) is 0 Å². The van der Waals surface area contributed by atoms with Gasteiger partial charge < -0.3 is 14.7 Å². The quantitative estimate of drug-likeness (QED) is 0.211. The van der Waals surface area contributed by atoms with Crippen molar-refractivity contribution in [2.75, 3.05) is 24.8 Å². The fourth-order valence-electron chi connectivity index (χ4n) is 5.50. The van der Waals surface area contributed by atoms with Crippen LogP contribution >= 0.6 is 27.7 Å². The zero-order valence-corrected chi connectivity index (χ0v) is 26.9. The molecule has 216 valence electrons. The van der Waals surface area contributed by atoms with Crippen molar-refractivity contribution in [2.45, 2.75) is 74.2 Å². The summed E-state index contributed by atoms with van der Waals surface area (Å²) in [5, 5.41) is 10.9. The summed E-state index contributed by atoms with van der Waals surface area (Å²) >= 11 is 4.95. The Morgan fingerprint density at radius 1 is 1.00 bits per heavy atom. The van der Waals surface area contributed by atoms with Crippen molar-refractivity contribution in [3.8, 4) is 11.5 Å². The normalized spacial score (nSPS) is 16.4. The van der Waals surface area contributed by atoms with Crippen LogP contribution in [0.25, 0.3) is 0 Å². The Hall–Kier alpha value is -2.20. The number of ether oxygens (including phenoxy) is 1. The molecule has 0 saturated heterocycles. The Balaban J connectivity index is 2.00. The Morgan fingerprint density at radius 2 is 1.62 bits per heavy atom. The smallest absolute Gasteiger partial charge is 0.246 e. The monoisotopic (exact) mass is 646 g/mol. The molecule has 0 bridgehead atoms. The predicted octanol–water partition coefficient (Wildman–Crippen LogP) is 8.35. The summed E-state index contributed by atoms with van der Waals surface area (Å²) in [6.45, 7) is 5.04. The number of aromatic hydroxyl groups is 1. The van der Waals surface area contributed by atoms with Gasteiger partial charge in [0.15, 0.2) is 0 Å². The van der Waals surface area contributed by atoms with Crippen molar-refractivity contribution in [1.82, 2.24) is 4.31 Å². The standard InChI is InChI=1S/C31H39BrN2O4S2/c1-5-7-17-31(18-8-6-2)22-33(25-13-11-24(32)12-14-25)27-19-29(39-4)28(35)20-30(27)40(36,37)34(31)21-23-9-15-26(38-3)16-10-23/h9-16,19-20,35H,5-8,17-18,21-22H2,1-4H3. The lowest BCUT2D eigenvalue weighted by molar-refractivity contribution is 0.153. The molecule has 0 aromatic heterocycles. The van der Waals surface area contributed by atoms with Gasteiger partial charge in [-0.1, -0.05) is 67.6 Å². The summed E-state index contributed by atoms with van der Waals surface area (Å²) in [5.41, 5.74) is 1.75. The van der Waals surface area contributed by atoms with E-state index in [2.05, 4.69) is 34.7 Å². The summed E-state index contributed by atoms with van der Waals surface area (Å²) in [4.78, 5) is 2.93. The van der Waals surface area contributed by atoms with E-state index in [1.165, 1.54) is 17.8 Å². The molecular formula is C31H39BrN2O4S2. The third kappa shape index (κ3) is 6.32. The lowest BCUT2D eigenvalue weighted by atomic mass is 9.85. The van der Waals surface area contributed by atoms with E-state index in [-0.39, 0.29) is 17.2 Å². The topological polar surface area (TPSA) is 70.1 Å². The summed E-state index contributed by atoms with van der Waals surface area (Å²) in [7, 11) is -2.39. The molecule has 0 unspecified atom stereocenters. The van der Waals surface area contributed by atoms with Gasteiger partial charge in [-0.25, -0.2) is 8.42 Å². The number of halogens is 1. The number of fused-ring (bicyclic) bond motifs is 1. The third-order valence-electron chi connectivity index (χ3n) is 7.72. The van der Waals surface area contributed by atoms with Crippen LogP contribution in [0.15, 0.2) is 74.9 Å². The van der Waals surface area contributed by atoms with Crippen molar-refractivity contribution >= 4 is 49.1 Å². The molecular weight excluding hydrogens is 608 g/mol. The molecule has 6 nitrogen and oxygen atoms in total. The molecule has 1 aliphatic rings. The molecule has 4 rings (SSSR count). The van der Waals surface area contributed by atoms with E-state index >= 15 is 0 Å². The number of rotatable bonds is 11. The molecule has 3 aromatic rings. The van der Waals surface area contributed by atoms with Crippen molar-refractivity contribution < 1.29 is 18.3 Å². The highest BCUT2D eigenvalue weighted by atomic mass is 79.9. The molecule has 1 aliphatic heterocycles. The third-order valence-corrected chi connectivity index (χ3v) is 11.0. The number of hydrogen-bond acceptors (Lipinski definition) is 6. The molecule has 0 radical (unpaired) electrons. The van der Waals surface area contributed by atoms with E-state index in [0.717, 1.165) is 60.0 Å². The minimum atomic E-state index is -4.02. The molecule has 0 spiro atoms. The number of phenols is 1. The van der Waals surface area contributed by atoms with Gasteiger partial charge in [-0.3, -0.25) is 0 Å². The lowest BCUT2D eigenvalue weighted by Crippen LogP contribution is -2.55. The Labute approximate surface area is 251 Å². The zero-order valence-electron chi connectivity index (χ0n) is 23.7. The second-order valence-electron chi connectivity index (χ2n) is 10.3. The molecule has 40 heavy (non-hydrogen) atoms. The number of benzene rings is 3. The van der Waals surface area contributed by atoms with Crippen LogP contribution in [0.5, 0.6) is 11.5 Å². The van der Waals surface area contributed by atoms with Gasteiger partial charge >= 0.3 is 0 Å². The highest BCUT2D eigenvalue weighted by Gasteiger charge is 2.48. The Morgan fingerprint density at radius 3 is 2.17 bits per heavy atom. The van der Waals surface area contributed by atoms with E-state index in [4.69, 9.17) is 4.74 Å². The van der Waals surface area contributed by atoms with Crippen LogP contribution < -0.4 is 9.64 Å². The number of phenolic OH excluding ortho intramolecular Hbond substituents is 1. The van der Waals surface area contributed by atoms with Gasteiger partial charge in [0.1, 0.15) is 16.4 Å². The first-order valence-corrected chi connectivity index (χ1v) is 17.2. The summed E-state index contributed by atoms with van der Waals surface area (Å²) < 4.78 is 37.7. The minimum absolute atomic E-state index is 0.0235. The number of hydrogen-bond donors (Lipinski definition) is 1. The van der Waals surface area contributed by atoms with E-state index in [0.29, 0.717) is 17.1 Å². The largest absolute Gasteiger partial charge is 0.507 e. The zero-order chi connectivity index (χ0) is 28.9. The predicted molar refractivity (Wildman–Crippen MR) is 169 cm³/mol. The van der Waals surface area contributed by atoms with Crippen LogP contribution in [-0.2, 0) is 16.6 Å². The van der Waals surface area contributed by atoms with E-state index in [9.17, 15) is 13.5 Å². The number of methoxy groups -OCH3 is 1. The first-order valence-electron chi connectivity index (χ1n) is 13.8. The second kappa shape index (κ2) is 13.2. The van der Waals surface area contributed by atoms with Gasteiger partial charge in [0, 0.05) is 29.3 Å². The number of anilines is 2. The SMILES string of the molecule is CCCCC1(CCCC)CN(c2ccc(Br)cc2)c2cc(SC)c(O)cc2S(=O)(=O)N1Cc1ccc(OC)cc1. The molecule has 1 heterocycles. The van der Waals surface area contributed by atoms with E-state index in [1.807, 2.05) is 60.9 Å². The van der Waals surface area contributed by atoms with Crippen molar-refractivity contribution in [1.29, 1.82) is 0 Å². The molecule has 9 heteroatoms. The molecule has 0 saturated carbocycles.